The molecule has 1 aromatic heterocycles. The zero-order valence-corrected chi connectivity index (χ0v) is 12.5. The molecular weight excluding hydrogens is 266 g/mol. The third kappa shape index (κ3) is 2.69. The van der Waals surface area contributed by atoms with Crippen molar-refractivity contribution in [2.45, 2.75) is 30.8 Å². The lowest BCUT2D eigenvalue weighted by Gasteiger charge is -2.36. The number of nitrogen functional groups attached to an aromatic ring is 1. The molecule has 1 saturated heterocycles. The summed E-state index contributed by atoms with van der Waals surface area (Å²) in [5.41, 5.74) is 5.84. The molecule has 2 unspecified atom stereocenters. The molecule has 19 heavy (non-hydrogen) atoms. The van der Waals surface area contributed by atoms with Crippen LogP contribution < -0.4 is 16.0 Å². The van der Waals surface area contributed by atoms with Crippen LogP contribution in [0.3, 0.4) is 0 Å². The summed E-state index contributed by atoms with van der Waals surface area (Å²) < 4.78 is 25.3. The maximum Gasteiger partial charge on any atom is 0.182 e. The van der Waals surface area contributed by atoms with Gasteiger partial charge in [0, 0.05) is 38.5 Å². The monoisotopic (exact) mass is 287 g/mol. The second-order valence-corrected chi connectivity index (χ2v) is 7.26. The average molecular weight is 287 g/mol. The number of sulfone groups is 1. The second kappa shape index (κ2) is 4.68. The van der Waals surface area contributed by atoms with Gasteiger partial charge >= 0.3 is 0 Å². The van der Waals surface area contributed by atoms with Crippen LogP contribution in [0, 0.1) is 0 Å². The molecule has 1 aliphatic rings. The lowest BCUT2D eigenvalue weighted by atomic mass is 10.1. The molecule has 1 fully saturated rings. The number of aryl methyl sites for hydroxylation is 1. The topological polar surface area (TPSA) is 93.2 Å². The van der Waals surface area contributed by atoms with Gasteiger partial charge in [0.05, 0.1) is 0 Å². The van der Waals surface area contributed by atoms with Gasteiger partial charge in [-0.15, -0.1) is 0 Å². The summed E-state index contributed by atoms with van der Waals surface area (Å²) in [6.45, 7) is 5.55. The van der Waals surface area contributed by atoms with Crippen LogP contribution in [-0.2, 0) is 16.9 Å². The number of piperazine rings is 1. The zero-order valence-electron chi connectivity index (χ0n) is 11.7. The van der Waals surface area contributed by atoms with Gasteiger partial charge < -0.3 is 16.0 Å². The van der Waals surface area contributed by atoms with E-state index in [0.717, 1.165) is 0 Å². The molecule has 0 saturated carbocycles. The predicted octanol–water partition coefficient (Wildman–Crippen LogP) is -0.408. The first-order valence-corrected chi connectivity index (χ1v) is 8.12. The minimum absolute atomic E-state index is 0.135. The van der Waals surface area contributed by atoms with Crippen molar-refractivity contribution in [3.63, 3.8) is 0 Å². The molecule has 8 heteroatoms. The zero-order chi connectivity index (χ0) is 14.4. The lowest BCUT2D eigenvalue weighted by molar-refractivity contribution is 0.403. The maximum absolute atomic E-state index is 11.9. The summed E-state index contributed by atoms with van der Waals surface area (Å²) in [4.78, 5) is 2.12. The molecule has 0 spiro atoms. The standard InChI is InChI=1S/C11H21N5O2S/c1-7-5-16(6-8(2)13-7)11-9(19(4,17)18)10(12)15(3)14-11/h7-8,13H,5-6,12H2,1-4H3. The van der Waals surface area contributed by atoms with E-state index in [9.17, 15) is 8.42 Å². The van der Waals surface area contributed by atoms with Gasteiger partial charge in [-0.2, -0.15) is 5.10 Å². The molecule has 2 atom stereocenters. The van der Waals surface area contributed by atoms with E-state index >= 15 is 0 Å². The van der Waals surface area contributed by atoms with E-state index in [0.29, 0.717) is 18.9 Å². The van der Waals surface area contributed by atoms with Crippen LogP contribution in [0.15, 0.2) is 4.90 Å². The highest BCUT2D eigenvalue weighted by molar-refractivity contribution is 7.91. The Balaban J connectivity index is 2.48. The van der Waals surface area contributed by atoms with Gasteiger partial charge in [0.15, 0.2) is 20.6 Å². The van der Waals surface area contributed by atoms with Gasteiger partial charge in [0.2, 0.25) is 0 Å². The summed E-state index contributed by atoms with van der Waals surface area (Å²) in [6, 6.07) is 0.554. The van der Waals surface area contributed by atoms with Crippen LogP contribution in [-0.4, -0.2) is 49.6 Å². The number of aromatic nitrogens is 2. The Morgan fingerprint density at radius 3 is 2.32 bits per heavy atom. The Hall–Kier alpha value is -1.28. The fourth-order valence-electron chi connectivity index (χ4n) is 2.57. The number of hydrogen-bond acceptors (Lipinski definition) is 6. The Morgan fingerprint density at radius 2 is 1.84 bits per heavy atom. The summed E-state index contributed by atoms with van der Waals surface area (Å²) in [6.07, 6.45) is 1.17. The van der Waals surface area contributed by atoms with Gasteiger partial charge in [0.25, 0.3) is 0 Å². The molecule has 7 nitrogen and oxygen atoms in total. The molecule has 2 rings (SSSR count). The number of nitrogens with two attached hydrogens (primary N) is 1. The maximum atomic E-state index is 11.9. The van der Waals surface area contributed by atoms with Crippen LogP contribution in [0.2, 0.25) is 0 Å². The van der Waals surface area contributed by atoms with Crippen LogP contribution in [0.5, 0.6) is 0 Å². The van der Waals surface area contributed by atoms with E-state index in [1.807, 2.05) is 4.90 Å². The van der Waals surface area contributed by atoms with Gasteiger partial charge in [-0.1, -0.05) is 0 Å². The minimum atomic E-state index is -3.40. The number of rotatable bonds is 2. The van der Waals surface area contributed by atoms with E-state index in [4.69, 9.17) is 5.73 Å². The molecule has 1 aliphatic heterocycles. The summed E-state index contributed by atoms with van der Waals surface area (Å²) in [7, 11) is -1.74. The quantitative estimate of drug-likeness (QED) is 0.768. The molecule has 1 aromatic rings. The Labute approximate surface area is 113 Å². The molecule has 3 N–H and O–H groups in total. The molecular formula is C11H21N5O2S. The first-order chi connectivity index (χ1) is 8.70. The van der Waals surface area contributed by atoms with Crippen LogP contribution in [0.25, 0.3) is 0 Å². The van der Waals surface area contributed by atoms with Gasteiger partial charge in [-0.05, 0) is 13.8 Å². The molecule has 0 aliphatic carbocycles. The Morgan fingerprint density at radius 1 is 1.32 bits per heavy atom. The summed E-state index contributed by atoms with van der Waals surface area (Å²) in [5.74, 6) is 0.652. The van der Waals surface area contributed by atoms with E-state index in [1.165, 1.54) is 10.9 Å². The fraction of sp³-hybridized carbons (Fsp3) is 0.727. The van der Waals surface area contributed by atoms with Crippen molar-refractivity contribution in [3.05, 3.63) is 0 Å². The van der Waals surface area contributed by atoms with E-state index in [1.54, 1.807) is 7.05 Å². The van der Waals surface area contributed by atoms with Crippen molar-refractivity contribution in [1.29, 1.82) is 0 Å². The van der Waals surface area contributed by atoms with Crippen molar-refractivity contribution in [3.8, 4) is 0 Å². The van der Waals surface area contributed by atoms with E-state index in [2.05, 4.69) is 24.3 Å². The highest BCUT2D eigenvalue weighted by Crippen LogP contribution is 2.30. The molecule has 2 heterocycles. The van der Waals surface area contributed by atoms with Gasteiger partial charge in [-0.25, -0.2) is 13.1 Å². The van der Waals surface area contributed by atoms with Gasteiger partial charge in [-0.3, -0.25) is 0 Å². The lowest BCUT2D eigenvalue weighted by Crippen LogP contribution is -2.54. The molecule has 0 aromatic carbocycles. The van der Waals surface area contributed by atoms with E-state index < -0.39 is 9.84 Å². The average Bonchev–Trinajstić information content (AvgIpc) is 2.53. The minimum Gasteiger partial charge on any atom is -0.383 e. The van der Waals surface area contributed by atoms with Gasteiger partial charge in [0.1, 0.15) is 5.82 Å². The SMILES string of the molecule is CC1CN(c2nn(C)c(N)c2S(C)(=O)=O)CC(C)N1. The predicted molar refractivity (Wildman–Crippen MR) is 75.0 cm³/mol. The van der Waals surface area contributed by atoms with Crippen molar-refractivity contribution < 1.29 is 8.42 Å². The third-order valence-electron chi connectivity index (χ3n) is 3.26. The van der Waals surface area contributed by atoms with Crippen molar-refractivity contribution >= 4 is 21.5 Å². The Kier molecular flexibility index (Phi) is 3.48. The molecule has 0 amide bonds. The highest BCUT2D eigenvalue weighted by atomic mass is 32.2. The summed E-state index contributed by atoms with van der Waals surface area (Å²) >= 11 is 0. The number of hydrogen-bond donors (Lipinski definition) is 2. The van der Waals surface area contributed by atoms with Crippen molar-refractivity contribution in [2.75, 3.05) is 30.0 Å². The van der Waals surface area contributed by atoms with Crippen molar-refractivity contribution in [1.82, 2.24) is 15.1 Å². The number of nitrogens with one attached hydrogen (secondary N) is 1. The molecule has 108 valence electrons. The van der Waals surface area contributed by atoms with Crippen LogP contribution in [0.4, 0.5) is 11.6 Å². The van der Waals surface area contributed by atoms with Crippen molar-refractivity contribution in [2.24, 2.45) is 7.05 Å². The fourth-order valence-corrected chi connectivity index (χ4v) is 3.58. The Bertz CT molecular complexity index is 570. The number of anilines is 2. The molecule has 0 radical (unpaired) electrons. The second-order valence-electron chi connectivity index (χ2n) is 5.31. The largest absolute Gasteiger partial charge is 0.383 e. The summed E-state index contributed by atoms with van der Waals surface area (Å²) in [5, 5.41) is 7.68. The van der Waals surface area contributed by atoms with Crippen LogP contribution >= 0.6 is 0 Å². The first kappa shape index (κ1) is 14.1. The van der Waals surface area contributed by atoms with E-state index in [-0.39, 0.29) is 22.8 Å². The first-order valence-electron chi connectivity index (χ1n) is 6.23. The third-order valence-corrected chi connectivity index (χ3v) is 4.39. The number of nitrogens with zero attached hydrogens (tertiary/aromatic N) is 3. The smallest absolute Gasteiger partial charge is 0.182 e. The normalized spacial score (nSPS) is 24.7. The molecule has 0 bridgehead atoms. The van der Waals surface area contributed by atoms with Crippen LogP contribution in [0.1, 0.15) is 13.8 Å². The highest BCUT2D eigenvalue weighted by Gasteiger charge is 2.30.